The molecule has 0 aliphatic rings. The zero-order chi connectivity index (χ0) is 61.4. The Morgan fingerprint density at radius 3 is 1.55 bits per heavy atom. The molecule has 25 nitrogen and oxygen atoms in total. The van der Waals surface area contributed by atoms with Gasteiger partial charge in [-0.3, -0.25) is 43.3 Å². The molecule has 3 atom stereocenters. The second-order valence-electron chi connectivity index (χ2n) is 20.6. The molecule has 0 saturated heterocycles. The molecule has 0 bridgehead atoms. The molecule has 3 unspecified atom stereocenters. The van der Waals surface area contributed by atoms with Crippen molar-refractivity contribution < 1.29 is 62.1 Å². The summed E-state index contributed by atoms with van der Waals surface area (Å²) in [4.78, 5) is 115. The largest absolute Gasteiger partial charge is 0.466 e. The van der Waals surface area contributed by atoms with Gasteiger partial charge in [0.15, 0.2) is 0 Å². The monoisotopic (exact) mass is 1180 g/mol. The molecule has 0 spiro atoms. The molecule has 0 aromatic heterocycles. The Morgan fingerprint density at radius 1 is 0.458 bits per heavy atom. The van der Waals surface area contributed by atoms with Gasteiger partial charge >= 0.3 is 23.9 Å². The van der Waals surface area contributed by atoms with Crippen molar-refractivity contribution in [2.45, 2.75) is 192 Å². The number of hydrogen-bond acceptors (Lipinski definition) is 20. The molecule has 0 rings (SSSR count). The van der Waals surface area contributed by atoms with E-state index in [1.54, 1.807) is 7.05 Å². The first-order chi connectivity index (χ1) is 40.2. The van der Waals surface area contributed by atoms with Crippen molar-refractivity contribution in [2.75, 3.05) is 112 Å². The van der Waals surface area contributed by atoms with Gasteiger partial charge in [0.2, 0.25) is 29.5 Å². The smallest absolute Gasteiger partial charge is 0.328 e. The number of nitrogens with zero attached hydrogens (tertiary/aromatic N) is 1. The second kappa shape index (κ2) is 55.9. The Kier molecular flexibility index (Phi) is 52.3. The standard InChI is InChI=1S/C58H110N12O13/c1-3-4-5-6-7-8-9-10-11-12-13-14-15-16-17-26-53(74)80-42-22-43-83-58(79)49(25-18-19-33-65-50(71)27-29-54(75)81-44-37-63-2)69-51(72)28-30-55(76)82-45-38-66-52(73)46-64-34-39-70(40-35-67-56(77)47(61)23-20-31-59)41-36-68-57(78)48(62)24-21-32-60/h10-11,47-49,63-64H,3-9,12-46,59-62H2,1-2H3,(H,65,71)(H,66,73)(H,67,77)(H,68,78)(H,69,72)/b11-10-. The highest BCUT2D eigenvalue weighted by Gasteiger charge is 2.23. The summed E-state index contributed by atoms with van der Waals surface area (Å²) in [5, 5.41) is 19.6. The molecule has 25 heteroatoms. The van der Waals surface area contributed by atoms with E-state index in [1.807, 2.05) is 4.90 Å². The van der Waals surface area contributed by atoms with Crippen molar-refractivity contribution in [3.05, 3.63) is 12.2 Å². The van der Waals surface area contributed by atoms with E-state index in [9.17, 15) is 43.2 Å². The lowest BCUT2D eigenvalue weighted by atomic mass is 10.1. The van der Waals surface area contributed by atoms with E-state index in [2.05, 4.69) is 56.3 Å². The number of ether oxygens (including phenoxy) is 4. The highest BCUT2D eigenvalue weighted by atomic mass is 16.6. The van der Waals surface area contributed by atoms with Crippen LogP contribution >= 0.6 is 0 Å². The summed E-state index contributed by atoms with van der Waals surface area (Å²) in [6.07, 6.45) is 22.8. The Balaban J connectivity index is 4.87. The van der Waals surface area contributed by atoms with Crippen molar-refractivity contribution in [1.29, 1.82) is 0 Å². The molecule has 0 aliphatic carbocycles. The van der Waals surface area contributed by atoms with Crippen molar-refractivity contribution in [2.24, 2.45) is 22.9 Å². The maximum absolute atomic E-state index is 13.2. The minimum atomic E-state index is -1.07. The molecule has 0 aliphatic heterocycles. The zero-order valence-corrected chi connectivity index (χ0v) is 50.6. The van der Waals surface area contributed by atoms with Gasteiger partial charge in [0, 0.05) is 78.0 Å². The van der Waals surface area contributed by atoms with Crippen LogP contribution in [0.25, 0.3) is 0 Å². The van der Waals surface area contributed by atoms with Gasteiger partial charge in [-0.1, -0.05) is 70.4 Å². The first-order valence-electron chi connectivity index (χ1n) is 30.8. The van der Waals surface area contributed by atoms with E-state index in [0.29, 0.717) is 104 Å². The zero-order valence-electron chi connectivity index (χ0n) is 50.6. The van der Waals surface area contributed by atoms with Crippen molar-refractivity contribution in [3.8, 4) is 0 Å². The van der Waals surface area contributed by atoms with Crippen molar-refractivity contribution in [3.63, 3.8) is 0 Å². The quantitative estimate of drug-likeness (QED) is 0.0178. The summed E-state index contributed by atoms with van der Waals surface area (Å²) in [6.45, 7) is 6.29. The predicted octanol–water partition coefficient (Wildman–Crippen LogP) is 1.51. The number of esters is 4. The average molecular weight is 1180 g/mol. The molecule has 0 aromatic rings. The molecule has 0 aromatic carbocycles. The van der Waals surface area contributed by atoms with Crippen LogP contribution in [0.4, 0.5) is 0 Å². The summed E-state index contributed by atoms with van der Waals surface area (Å²) in [6, 6.07) is -2.40. The van der Waals surface area contributed by atoms with E-state index in [1.165, 1.54) is 38.5 Å². The van der Waals surface area contributed by atoms with Gasteiger partial charge < -0.3 is 79.1 Å². The first kappa shape index (κ1) is 77.7. The molecule has 0 saturated carbocycles. The minimum absolute atomic E-state index is 0.0136. The fraction of sp³-hybridized carbons (Fsp3) is 0.810. The lowest BCUT2D eigenvalue weighted by molar-refractivity contribution is -0.149. The summed E-state index contributed by atoms with van der Waals surface area (Å²) in [7, 11) is 1.73. The summed E-state index contributed by atoms with van der Waals surface area (Å²) < 4.78 is 21.0. The van der Waals surface area contributed by atoms with Crippen LogP contribution in [-0.4, -0.2) is 188 Å². The number of carbonyl (C=O) groups excluding carboxylic acids is 9. The lowest BCUT2D eigenvalue weighted by Gasteiger charge is -2.24. The third-order valence-electron chi connectivity index (χ3n) is 13.2. The van der Waals surface area contributed by atoms with Gasteiger partial charge in [0.05, 0.1) is 51.2 Å². The number of hydrogen-bond donors (Lipinski definition) is 11. The lowest BCUT2D eigenvalue weighted by Crippen LogP contribution is -2.47. The summed E-state index contributed by atoms with van der Waals surface area (Å²) in [5.74, 6) is -4.02. The number of likely N-dealkylation sites (N-methyl/N-ethyl adjacent to an activating group) is 1. The van der Waals surface area contributed by atoms with Crippen LogP contribution in [0, 0.1) is 0 Å². The van der Waals surface area contributed by atoms with Crippen molar-refractivity contribution in [1.82, 2.24) is 42.1 Å². The minimum Gasteiger partial charge on any atom is -0.466 e. The van der Waals surface area contributed by atoms with Crippen LogP contribution in [0.3, 0.4) is 0 Å². The normalized spacial score (nSPS) is 12.3. The Labute approximate surface area is 495 Å². The SMILES string of the molecule is CCCCCCCC/C=C\CCCCCCCC(=O)OCCCOC(=O)C(CCCCNC(=O)CCC(=O)OCCNC)NC(=O)CCC(=O)OCCNC(=O)CNCCN(CCNC(=O)C(N)CCCN)CCNC(=O)C(N)CCCN. The van der Waals surface area contributed by atoms with Gasteiger partial charge in [-0.05, 0) is 97.2 Å². The van der Waals surface area contributed by atoms with Gasteiger partial charge in [0.1, 0.15) is 19.3 Å². The van der Waals surface area contributed by atoms with Gasteiger partial charge in [-0.15, -0.1) is 0 Å². The molecule has 15 N–H and O–H groups in total. The number of carbonyl (C=O) groups is 9. The van der Waals surface area contributed by atoms with Crippen molar-refractivity contribution >= 4 is 53.4 Å². The van der Waals surface area contributed by atoms with Crippen LogP contribution < -0.4 is 60.2 Å². The maximum atomic E-state index is 13.2. The van der Waals surface area contributed by atoms with E-state index in [-0.39, 0.29) is 114 Å². The van der Waals surface area contributed by atoms with Crippen LogP contribution in [0.15, 0.2) is 12.2 Å². The molecule has 480 valence electrons. The molecular formula is C58H110N12O13. The van der Waals surface area contributed by atoms with E-state index in [0.717, 1.165) is 44.9 Å². The number of allylic oxidation sites excluding steroid dienone is 2. The highest BCUT2D eigenvalue weighted by Crippen LogP contribution is 2.11. The molecule has 83 heavy (non-hydrogen) atoms. The second-order valence-corrected chi connectivity index (χ2v) is 20.6. The van der Waals surface area contributed by atoms with Crippen LogP contribution in [0.2, 0.25) is 0 Å². The number of nitrogens with two attached hydrogens (primary N) is 4. The molecule has 5 amide bonds. The third-order valence-corrected chi connectivity index (χ3v) is 13.2. The molecular weight excluding hydrogens is 1070 g/mol. The van der Waals surface area contributed by atoms with Gasteiger partial charge in [-0.25, -0.2) is 4.79 Å². The summed E-state index contributed by atoms with van der Waals surface area (Å²) >= 11 is 0. The maximum Gasteiger partial charge on any atom is 0.328 e. The predicted molar refractivity (Wildman–Crippen MR) is 320 cm³/mol. The molecule has 0 radical (unpaired) electrons. The third kappa shape index (κ3) is 49.8. The fourth-order valence-corrected chi connectivity index (χ4v) is 8.14. The molecule has 0 heterocycles. The topological polar surface area (TPSA) is 382 Å². The number of rotatable bonds is 57. The van der Waals surface area contributed by atoms with Crippen LogP contribution in [0.1, 0.15) is 174 Å². The molecule has 0 fully saturated rings. The Morgan fingerprint density at radius 2 is 0.964 bits per heavy atom. The number of amides is 5. The summed E-state index contributed by atoms with van der Waals surface area (Å²) in [5.41, 5.74) is 23.0. The van der Waals surface area contributed by atoms with Gasteiger partial charge in [-0.2, -0.15) is 0 Å². The van der Waals surface area contributed by atoms with Crippen LogP contribution in [0.5, 0.6) is 0 Å². The number of unbranched alkanes of at least 4 members (excludes halogenated alkanes) is 12. The Hall–Kier alpha value is -5.31. The number of nitrogens with one attached hydrogen (secondary N) is 7. The van der Waals surface area contributed by atoms with Crippen LogP contribution in [-0.2, 0) is 62.1 Å². The highest BCUT2D eigenvalue weighted by molar-refractivity contribution is 5.86. The van der Waals surface area contributed by atoms with E-state index >= 15 is 0 Å². The van der Waals surface area contributed by atoms with E-state index in [4.69, 9.17) is 41.9 Å². The Bertz CT molecular complexity index is 1750. The first-order valence-corrected chi connectivity index (χ1v) is 30.8. The average Bonchev–Trinajstić information content (AvgIpc) is 3.47. The van der Waals surface area contributed by atoms with Gasteiger partial charge in [0.25, 0.3) is 0 Å². The van der Waals surface area contributed by atoms with E-state index < -0.39 is 41.9 Å². The fourth-order valence-electron chi connectivity index (χ4n) is 8.14.